The molecule has 3 rings (SSSR count). The summed E-state index contributed by atoms with van der Waals surface area (Å²) in [7, 11) is 1.53. The van der Waals surface area contributed by atoms with Gasteiger partial charge in [-0.1, -0.05) is 17.4 Å². The molecule has 1 amide bonds. The number of aryl methyl sites for hydroxylation is 2. The largest absolute Gasteiger partial charge is 0.493 e. The molecule has 0 fully saturated rings. The Morgan fingerprint density at radius 3 is 2.82 bits per heavy atom. The molecule has 1 aromatic heterocycles. The van der Waals surface area contributed by atoms with E-state index in [1.54, 1.807) is 18.2 Å². The van der Waals surface area contributed by atoms with Crippen LogP contribution in [0.3, 0.4) is 0 Å². The van der Waals surface area contributed by atoms with Crippen molar-refractivity contribution in [1.82, 2.24) is 4.98 Å². The van der Waals surface area contributed by atoms with E-state index in [9.17, 15) is 4.79 Å². The smallest absolute Gasteiger partial charge is 0.226 e. The first kappa shape index (κ1) is 19.6. The summed E-state index contributed by atoms with van der Waals surface area (Å²) in [5.74, 6) is 0.964. The van der Waals surface area contributed by atoms with Gasteiger partial charge in [0, 0.05) is 12.5 Å². The van der Waals surface area contributed by atoms with E-state index in [-0.39, 0.29) is 5.91 Å². The molecule has 144 valence electrons. The minimum Gasteiger partial charge on any atom is -0.493 e. The van der Waals surface area contributed by atoms with Gasteiger partial charge in [0.1, 0.15) is 0 Å². The maximum atomic E-state index is 12.2. The van der Waals surface area contributed by atoms with E-state index in [4.69, 9.17) is 14.7 Å². The zero-order valence-electron chi connectivity index (χ0n) is 16.0. The van der Waals surface area contributed by atoms with Crippen LogP contribution in [0.1, 0.15) is 29.5 Å². The average Bonchev–Trinajstić information content (AvgIpc) is 3.07. The summed E-state index contributed by atoms with van der Waals surface area (Å²) in [5, 5.41) is 12.4. The standard InChI is InChI=1S/C21H21N3O3S/c1-13-9-14(2)20-18(10-13)28-21(24-20)23-19(25)5-4-8-27-16-7-6-15(12-22)11-17(16)26-3/h6-7,9-11H,4-5,8H2,1-3H3,(H,23,24,25). The number of rotatable bonds is 7. The second kappa shape index (κ2) is 8.72. The Balaban J connectivity index is 1.51. The maximum absolute atomic E-state index is 12.2. The second-order valence-electron chi connectivity index (χ2n) is 6.43. The molecule has 28 heavy (non-hydrogen) atoms. The van der Waals surface area contributed by atoms with Gasteiger partial charge in [0.2, 0.25) is 5.91 Å². The van der Waals surface area contributed by atoms with Crippen molar-refractivity contribution in [1.29, 1.82) is 5.26 Å². The molecule has 7 heteroatoms. The lowest BCUT2D eigenvalue weighted by atomic mass is 10.1. The Morgan fingerprint density at radius 1 is 1.25 bits per heavy atom. The van der Waals surface area contributed by atoms with Gasteiger partial charge < -0.3 is 14.8 Å². The molecule has 0 radical (unpaired) electrons. The number of aromatic nitrogens is 1. The lowest BCUT2D eigenvalue weighted by molar-refractivity contribution is -0.116. The molecule has 0 saturated heterocycles. The number of methoxy groups -OCH3 is 1. The number of fused-ring (bicyclic) bond motifs is 1. The van der Waals surface area contributed by atoms with E-state index < -0.39 is 0 Å². The molecule has 0 aliphatic heterocycles. The van der Waals surface area contributed by atoms with E-state index in [1.807, 2.05) is 13.8 Å². The van der Waals surface area contributed by atoms with E-state index in [1.165, 1.54) is 24.0 Å². The molecule has 1 heterocycles. The van der Waals surface area contributed by atoms with Crippen LogP contribution in [0, 0.1) is 25.2 Å². The van der Waals surface area contributed by atoms with Crippen LogP contribution in [0.5, 0.6) is 11.5 Å². The third-order valence-corrected chi connectivity index (χ3v) is 5.09. The highest BCUT2D eigenvalue weighted by molar-refractivity contribution is 7.22. The van der Waals surface area contributed by atoms with Gasteiger partial charge in [0.15, 0.2) is 16.6 Å². The minimum atomic E-state index is -0.0937. The Hall–Kier alpha value is -3.11. The van der Waals surface area contributed by atoms with E-state index in [0.29, 0.717) is 41.6 Å². The molecule has 0 saturated carbocycles. The van der Waals surface area contributed by atoms with Crippen LogP contribution in [-0.4, -0.2) is 24.6 Å². The third kappa shape index (κ3) is 4.59. The summed E-state index contributed by atoms with van der Waals surface area (Å²) < 4.78 is 12.0. The molecule has 0 unspecified atom stereocenters. The number of anilines is 1. The fourth-order valence-electron chi connectivity index (χ4n) is 2.88. The first-order valence-electron chi connectivity index (χ1n) is 8.88. The molecule has 0 aliphatic carbocycles. The lowest BCUT2D eigenvalue weighted by Crippen LogP contribution is -2.12. The van der Waals surface area contributed by atoms with E-state index >= 15 is 0 Å². The number of ether oxygens (including phenoxy) is 2. The number of amides is 1. The maximum Gasteiger partial charge on any atom is 0.226 e. The summed E-state index contributed by atoms with van der Waals surface area (Å²) in [6.45, 7) is 4.44. The summed E-state index contributed by atoms with van der Waals surface area (Å²) >= 11 is 1.48. The van der Waals surface area contributed by atoms with E-state index in [2.05, 4.69) is 28.5 Å². The highest BCUT2D eigenvalue weighted by Gasteiger charge is 2.11. The normalized spacial score (nSPS) is 10.5. The van der Waals surface area contributed by atoms with Gasteiger partial charge in [-0.05, 0) is 49.6 Å². The van der Waals surface area contributed by atoms with Crippen molar-refractivity contribution >= 4 is 32.6 Å². The minimum absolute atomic E-state index is 0.0937. The highest BCUT2D eigenvalue weighted by Crippen LogP contribution is 2.30. The third-order valence-electron chi connectivity index (χ3n) is 4.17. The van der Waals surface area contributed by atoms with Crippen LogP contribution in [0.15, 0.2) is 30.3 Å². The fraction of sp³-hybridized carbons (Fsp3) is 0.286. The molecule has 6 nitrogen and oxygen atoms in total. The molecule has 1 N–H and O–H groups in total. The predicted molar refractivity (Wildman–Crippen MR) is 110 cm³/mol. The van der Waals surface area contributed by atoms with Gasteiger partial charge in [0.25, 0.3) is 0 Å². The monoisotopic (exact) mass is 395 g/mol. The fourth-order valence-corrected chi connectivity index (χ4v) is 3.94. The van der Waals surface area contributed by atoms with Crippen LogP contribution in [0.4, 0.5) is 5.13 Å². The van der Waals surface area contributed by atoms with Crippen LogP contribution >= 0.6 is 11.3 Å². The molecule has 3 aromatic rings. The average molecular weight is 395 g/mol. The first-order chi connectivity index (χ1) is 13.5. The van der Waals surface area contributed by atoms with Gasteiger partial charge in [-0.3, -0.25) is 4.79 Å². The molecular weight excluding hydrogens is 374 g/mol. The van der Waals surface area contributed by atoms with Crippen molar-refractivity contribution in [3.8, 4) is 17.6 Å². The number of carbonyl (C=O) groups is 1. The first-order valence-corrected chi connectivity index (χ1v) is 9.70. The van der Waals surface area contributed by atoms with Crippen molar-refractivity contribution in [3.63, 3.8) is 0 Å². The SMILES string of the molecule is COc1cc(C#N)ccc1OCCCC(=O)Nc1nc2c(C)cc(C)cc2s1. The Kier molecular flexibility index (Phi) is 6.12. The summed E-state index contributed by atoms with van der Waals surface area (Å²) in [6.07, 6.45) is 0.880. The Labute approximate surface area is 167 Å². The van der Waals surface area contributed by atoms with Gasteiger partial charge in [-0.15, -0.1) is 0 Å². The zero-order valence-corrected chi connectivity index (χ0v) is 16.9. The number of thiazole rings is 1. The van der Waals surface area contributed by atoms with Crippen molar-refractivity contribution in [3.05, 3.63) is 47.0 Å². The van der Waals surface area contributed by atoms with Gasteiger partial charge in [0.05, 0.1) is 35.6 Å². The van der Waals surface area contributed by atoms with Crippen LogP contribution in [0.25, 0.3) is 10.2 Å². The molecule has 2 aromatic carbocycles. The number of nitriles is 1. The summed E-state index contributed by atoms with van der Waals surface area (Å²) in [4.78, 5) is 16.7. The lowest BCUT2D eigenvalue weighted by Gasteiger charge is -2.10. The highest BCUT2D eigenvalue weighted by atomic mass is 32.1. The predicted octanol–water partition coefficient (Wildman–Crippen LogP) is 4.59. The van der Waals surface area contributed by atoms with Crippen LogP contribution in [-0.2, 0) is 4.79 Å². The number of benzene rings is 2. The van der Waals surface area contributed by atoms with Gasteiger partial charge in [-0.25, -0.2) is 4.98 Å². The summed E-state index contributed by atoms with van der Waals surface area (Å²) in [6, 6.07) is 11.2. The Morgan fingerprint density at radius 2 is 2.07 bits per heavy atom. The van der Waals surface area contributed by atoms with Crippen molar-refractivity contribution in [2.45, 2.75) is 26.7 Å². The topological polar surface area (TPSA) is 84.2 Å². The number of hydrogen-bond acceptors (Lipinski definition) is 6. The molecular formula is C21H21N3O3S. The summed E-state index contributed by atoms with van der Waals surface area (Å²) in [5.41, 5.74) is 3.73. The molecule has 0 aliphatic rings. The second-order valence-corrected chi connectivity index (χ2v) is 7.46. The number of carbonyl (C=O) groups excluding carboxylic acids is 1. The van der Waals surface area contributed by atoms with Crippen LogP contribution in [0.2, 0.25) is 0 Å². The number of nitrogens with one attached hydrogen (secondary N) is 1. The van der Waals surface area contributed by atoms with Gasteiger partial charge >= 0.3 is 0 Å². The zero-order chi connectivity index (χ0) is 20.1. The molecule has 0 atom stereocenters. The van der Waals surface area contributed by atoms with Crippen LogP contribution < -0.4 is 14.8 Å². The van der Waals surface area contributed by atoms with E-state index in [0.717, 1.165) is 15.8 Å². The number of hydrogen-bond donors (Lipinski definition) is 1. The van der Waals surface area contributed by atoms with Crippen molar-refractivity contribution in [2.75, 3.05) is 19.0 Å². The molecule has 0 spiro atoms. The molecule has 0 bridgehead atoms. The Bertz CT molecular complexity index is 1050. The van der Waals surface area contributed by atoms with Crippen molar-refractivity contribution in [2.24, 2.45) is 0 Å². The quantitative estimate of drug-likeness (QED) is 0.592. The van der Waals surface area contributed by atoms with Crippen molar-refractivity contribution < 1.29 is 14.3 Å². The number of nitrogens with zero attached hydrogens (tertiary/aromatic N) is 2. The van der Waals surface area contributed by atoms with Gasteiger partial charge in [-0.2, -0.15) is 5.26 Å².